The number of carbonyl (C=O) groups is 2. The van der Waals surface area contributed by atoms with E-state index in [1.807, 2.05) is 62.4 Å². The number of aryl methyl sites for hydroxylation is 2. The van der Waals surface area contributed by atoms with Crippen molar-refractivity contribution in [1.29, 1.82) is 0 Å². The molecule has 1 aliphatic carbocycles. The summed E-state index contributed by atoms with van der Waals surface area (Å²) in [6.07, 6.45) is 5.63. The third-order valence-corrected chi connectivity index (χ3v) is 7.11. The van der Waals surface area contributed by atoms with Gasteiger partial charge in [-0.3, -0.25) is 9.59 Å². The molecule has 1 saturated carbocycles. The molecule has 6 heteroatoms. The Kier molecular flexibility index (Phi) is 8.14. The first-order valence-corrected chi connectivity index (χ1v) is 12.7. The molecular formula is C30H35NO5. The first kappa shape index (κ1) is 25.5. The summed E-state index contributed by atoms with van der Waals surface area (Å²) in [6, 6.07) is 15.9. The van der Waals surface area contributed by atoms with Crippen molar-refractivity contribution < 1.29 is 24.2 Å². The Bertz CT molecular complexity index is 1220. The summed E-state index contributed by atoms with van der Waals surface area (Å²) in [4.78, 5) is 24.2. The van der Waals surface area contributed by atoms with E-state index in [9.17, 15) is 14.7 Å². The Morgan fingerprint density at radius 3 is 2.31 bits per heavy atom. The summed E-state index contributed by atoms with van der Waals surface area (Å²) in [7, 11) is 1.63. The van der Waals surface area contributed by atoms with Crippen LogP contribution in [0.25, 0.3) is 10.8 Å². The average Bonchev–Trinajstić information content (AvgIpc) is 2.86. The lowest BCUT2D eigenvalue weighted by Gasteiger charge is -2.23. The topological polar surface area (TPSA) is 84.9 Å². The molecule has 0 spiro atoms. The Morgan fingerprint density at radius 2 is 1.64 bits per heavy atom. The van der Waals surface area contributed by atoms with Crippen molar-refractivity contribution in [3.63, 3.8) is 0 Å². The second-order valence-electron chi connectivity index (χ2n) is 9.78. The lowest BCUT2D eigenvalue weighted by Crippen LogP contribution is -2.38. The van der Waals surface area contributed by atoms with Crippen molar-refractivity contribution in [2.75, 3.05) is 13.7 Å². The van der Waals surface area contributed by atoms with Crippen LogP contribution in [0, 0.1) is 13.8 Å². The van der Waals surface area contributed by atoms with Crippen molar-refractivity contribution in [2.24, 2.45) is 0 Å². The number of carbonyl (C=O) groups excluding carboxylic acids is 1. The fourth-order valence-electron chi connectivity index (χ4n) is 5.38. The third-order valence-electron chi connectivity index (χ3n) is 7.11. The summed E-state index contributed by atoms with van der Waals surface area (Å²) in [5.41, 5.74) is 3.93. The molecule has 2 N–H and O–H groups in total. The molecule has 1 atom stereocenters. The number of benzene rings is 3. The van der Waals surface area contributed by atoms with Crippen LogP contribution < -0.4 is 14.8 Å². The van der Waals surface area contributed by atoms with E-state index >= 15 is 0 Å². The maximum Gasteiger partial charge on any atom is 0.304 e. The Morgan fingerprint density at radius 1 is 0.944 bits per heavy atom. The van der Waals surface area contributed by atoms with E-state index in [2.05, 4.69) is 5.32 Å². The highest BCUT2D eigenvalue weighted by Gasteiger charge is 2.23. The standard InChI is InChI=1S/C30H35NO5/c1-19-13-26(35-3)14-20(2)30(19)27(17-29(33)34)22-10-9-21-11-12-25(16-23(21)15-22)36-18-28(32)31-24-7-5-4-6-8-24/h9-16,24,27H,4-8,17-18H2,1-3H3,(H,31,32)(H,33,34). The Labute approximate surface area is 212 Å². The molecule has 36 heavy (non-hydrogen) atoms. The minimum atomic E-state index is -0.851. The summed E-state index contributed by atoms with van der Waals surface area (Å²) < 4.78 is 11.2. The molecule has 190 valence electrons. The van der Waals surface area contributed by atoms with Crippen LogP contribution in [0.4, 0.5) is 0 Å². The molecule has 1 aliphatic rings. The number of hydrogen-bond donors (Lipinski definition) is 2. The van der Waals surface area contributed by atoms with Gasteiger partial charge in [0.25, 0.3) is 5.91 Å². The monoisotopic (exact) mass is 489 g/mol. The van der Waals surface area contributed by atoms with Gasteiger partial charge in [-0.05, 0) is 84.0 Å². The molecule has 1 amide bonds. The fraction of sp³-hybridized carbons (Fsp3) is 0.400. The summed E-state index contributed by atoms with van der Waals surface area (Å²) in [6.45, 7) is 3.96. The van der Waals surface area contributed by atoms with Crippen LogP contribution in [0.2, 0.25) is 0 Å². The maximum absolute atomic E-state index is 12.4. The quantitative estimate of drug-likeness (QED) is 0.391. The van der Waals surface area contributed by atoms with Gasteiger partial charge < -0.3 is 19.9 Å². The van der Waals surface area contributed by atoms with Gasteiger partial charge in [-0.1, -0.05) is 43.5 Å². The van der Waals surface area contributed by atoms with Crippen molar-refractivity contribution in [1.82, 2.24) is 5.32 Å². The molecule has 1 fully saturated rings. The smallest absolute Gasteiger partial charge is 0.304 e. The van der Waals surface area contributed by atoms with E-state index < -0.39 is 5.97 Å². The number of hydrogen-bond acceptors (Lipinski definition) is 4. The molecule has 0 bridgehead atoms. The van der Waals surface area contributed by atoms with Crippen molar-refractivity contribution >= 4 is 22.6 Å². The molecule has 6 nitrogen and oxygen atoms in total. The largest absolute Gasteiger partial charge is 0.497 e. The number of nitrogens with one attached hydrogen (secondary N) is 1. The minimum Gasteiger partial charge on any atom is -0.497 e. The molecule has 1 unspecified atom stereocenters. The average molecular weight is 490 g/mol. The van der Waals surface area contributed by atoms with Gasteiger partial charge in [0.15, 0.2) is 6.61 Å². The number of fused-ring (bicyclic) bond motifs is 1. The van der Waals surface area contributed by atoms with Crippen LogP contribution in [-0.4, -0.2) is 36.7 Å². The van der Waals surface area contributed by atoms with Gasteiger partial charge in [-0.25, -0.2) is 0 Å². The van der Waals surface area contributed by atoms with Gasteiger partial charge >= 0.3 is 5.97 Å². The maximum atomic E-state index is 12.4. The second kappa shape index (κ2) is 11.5. The number of amides is 1. The number of aliphatic carboxylic acids is 1. The molecule has 0 saturated heterocycles. The van der Waals surface area contributed by atoms with E-state index in [-0.39, 0.29) is 30.9 Å². The van der Waals surface area contributed by atoms with Crippen molar-refractivity contribution in [2.45, 2.75) is 64.3 Å². The van der Waals surface area contributed by atoms with E-state index in [4.69, 9.17) is 9.47 Å². The number of methoxy groups -OCH3 is 1. The highest BCUT2D eigenvalue weighted by Crippen LogP contribution is 2.36. The zero-order valence-electron chi connectivity index (χ0n) is 21.3. The summed E-state index contributed by atoms with van der Waals surface area (Å²) >= 11 is 0. The van der Waals surface area contributed by atoms with Crippen LogP contribution in [0.15, 0.2) is 48.5 Å². The predicted octanol–water partition coefficient (Wildman–Crippen LogP) is 5.90. The first-order valence-electron chi connectivity index (χ1n) is 12.7. The lowest BCUT2D eigenvalue weighted by molar-refractivity contribution is -0.137. The molecule has 3 aromatic carbocycles. The molecule has 0 aliphatic heterocycles. The first-order chi connectivity index (χ1) is 17.3. The lowest BCUT2D eigenvalue weighted by atomic mass is 9.82. The molecule has 4 rings (SSSR count). The molecule has 0 heterocycles. The second-order valence-corrected chi connectivity index (χ2v) is 9.78. The number of carboxylic acids is 1. The molecular weight excluding hydrogens is 454 g/mol. The van der Waals surface area contributed by atoms with Gasteiger partial charge in [0.2, 0.25) is 0 Å². The van der Waals surface area contributed by atoms with E-state index in [0.717, 1.165) is 64.5 Å². The summed E-state index contributed by atoms with van der Waals surface area (Å²) in [5.74, 6) is 0.128. The fourth-order valence-corrected chi connectivity index (χ4v) is 5.38. The van der Waals surface area contributed by atoms with Crippen molar-refractivity contribution in [3.05, 3.63) is 70.8 Å². The van der Waals surface area contributed by atoms with Crippen LogP contribution >= 0.6 is 0 Å². The minimum absolute atomic E-state index is 0.0168. The van der Waals surface area contributed by atoms with E-state index in [1.165, 1.54) is 6.42 Å². The van der Waals surface area contributed by atoms with Gasteiger partial charge in [-0.2, -0.15) is 0 Å². The van der Waals surface area contributed by atoms with Crippen LogP contribution in [0.1, 0.15) is 66.7 Å². The van der Waals surface area contributed by atoms with E-state index in [0.29, 0.717) is 5.75 Å². The van der Waals surface area contributed by atoms with Gasteiger partial charge in [-0.15, -0.1) is 0 Å². The molecule has 0 aromatic heterocycles. The molecule has 0 radical (unpaired) electrons. The van der Waals surface area contributed by atoms with Gasteiger partial charge in [0.05, 0.1) is 13.5 Å². The SMILES string of the molecule is COc1cc(C)c(C(CC(=O)O)c2ccc3ccc(OCC(=O)NC4CCCCC4)cc3c2)c(C)c1. The van der Waals surface area contributed by atoms with Crippen LogP contribution in [0.5, 0.6) is 11.5 Å². The highest BCUT2D eigenvalue weighted by molar-refractivity contribution is 5.85. The zero-order chi connectivity index (χ0) is 25.7. The Balaban J connectivity index is 1.57. The van der Waals surface area contributed by atoms with Crippen LogP contribution in [0.3, 0.4) is 0 Å². The predicted molar refractivity (Wildman–Crippen MR) is 141 cm³/mol. The van der Waals surface area contributed by atoms with Gasteiger partial charge in [0.1, 0.15) is 11.5 Å². The summed E-state index contributed by atoms with van der Waals surface area (Å²) in [5, 5.41) is 14.7. The van der Waals surface area contributed by atoms with E-state index in [1.54, 1.807) is 7.11 Å². The van der Waals surface area contributed by atoms with Crippen molar-refractivity contribution in [3.8, 4) is 11.5 Å². The number of ether oxygens (including phenoxy) is 2. The third kappa shape index (κ3) is 6.17. The zero-order valence-corrected chi connectivity index (χ0v) is 21.3. The Hall–Kier alpha value is -3.54. The molecule has 3 aromatic rings. The number of carboxylic acid groups (broad SMARTS) is 1. The van der Waals surface area contributed by atoms with Crippen LogP contribution in [-0.2, 0) is 9.59 Å². The number of rotatable bonds is 9. The highest BCUT2D eigenvalue weighted by atomic mass is 16.5. The van der Waals surface area contributed by atoms with Gasteiger partial charge in [0, 0.05) is 12.0 Å². The normalized spacial score (nSPS) is 14.9.